The van der Waals surface area contributed by atoms with Crippen molar-refractivity contribution in [2.24, 2.45) is 5.10 Å². The summed E-state index contributed by atoms with van der Waals surface area (Å²) < 4.78 is 0. The summed E-state index contributed by atoms with van der Waals surface area (Å²) in [6, 6.07) is 3.56. The van der Waals surface area contributed by atoms with Crippen LogP contribution >= 0.6 is 0 Å². The van der Waals surface area contributed by atoms with E-state index in [1.807, 2.05) is 6.92 Å². The van der Waals surface area contributed by atoms with Crippen LogP contribution in [0.5, 0.6) is 5.75 Å². The van der Waals surface area contributed by atoms with Gasteiger partial charge in [0, 0.05) is 24.1 Å². The molecule has 0 aromatic heterocycles. The van der Waals surface area contributed by atoms with Crippen LogP contribution in [-0.2, 0) is 4.79 Å². The first-order chi connectivity index (χ1) is 8.54. The highest BCUT2D eigenvalue weighted by atomic mass is 16.6. The predicted octanol–water partition coefficient (Wildman–Crippen LogP) is 1.55. The van der Waals surface area contributed by atoms with Gasteiger partial charge in [-0.2, -0.15) is 5.10 Å². The van der Waals surface area contributed by atoms with Crippen molar-refractivity contribution in [1.29, 1.82) is 0 Å². The number of phenolic OH excluding ortho intramolecular Hbond substituents is 1. The molecular formula is C11H13N3O4. The molecule has 1 amide bonds. The minimum absolute atomic E-state index is 0.144. The van der Waals surface area contributed by atoms with Crippen molar-refractivity contribution < 1.29 is 14.8 Å². The Hall–Kier alpha value is -2.44. The molecule has 7 heteroatoms. The van der Waals surface area contributed by atoms with E-state index >= 15 is 0 Å². The number of amides is 1. The first kappa shape index (κ1) is 13.6. The van der Waals surface area contributed by atoms with Crippen molar-refractivity contribution in [3.05, 3.63) is 33.9 Å². The lowest BCUT2D eigenvalue weighted by Gasteiger charge is -1.99. The highest BCUT2D eigenvalue weighted by Crippen LogP contribution is 2.21. The van der Waals surface area contributed by atoms with Crippen molar-refractivity contribution >= 4 is 17.8 Å². The Morgan fingerprint density at radius 3 is 2.94 bits per heavy atom. The molecule has 0 saturated carbocycles. The molecule has 0 fully saturated rings. The number of nitrogens with zero attached hydrogens (tertiary/aromatic N) is 2. The summed E-state index contributed by atoms with van der Waals surface area (Å²) >= 11 is 0. The Balaban J connectivity index is 2.77. The van der Waals surface area contributed by atoms with Gasteiger partial charge in [0.1, 0.15) is 5.75 Å². The van der Waals surface area contributed by atoms with Crippen LogP contribution in [-0.4, -0.2) is 22.2 Å². The number of rotatable bonds is 5. The molecule has 2 N–H and O–H groups in total. The molecule has 1 aromatic rings. The van der Waals surface area contributed by atoms with Crippen molar-refractivity contribution in [2.75, 3.05) is 0 Å². The summed E-state index contributed by atoms with van der Waals surface area (Å²) in [4.78, 5) is 21.1. The van der Waals surface area contributed by atoms with Crippen LogP contribution in [0, 0.1) is 10.1 Å². The second kappa shape index (κ2) is 6.33. The van der Waals surface area contributed by atoms with Gasteiger partial charge >= 0.3 is 0 Å². The van der Waals surface area contributed by atoms with Crippen molar-refractivity contribution in [3.63, 3.8) is 0 Å². The topological polar surface area (TPSA) is 105 Å². The number of nitro groups is 1. The number of phenols is 1. The number of nitrogens with one attached hydrogen (secondary N) is 1. The minimum atomic E-state index is -0.577. The largest absolute Gasteiger partial charge is 0.507 e. The summed E-state index contributed by atoms with van der Waals surface area (Å²) in [6.07, 6.45) is 2.21. The number of hydrazone groups is 1. The van der Waals surface area contributed by atoms with Gasteiger partial charge in [0.05, 0.1) is 11.1 Å². The van der Waals surface area contributed by atoms with Gasteiger partial charge in [0.25, 0.3) is 5.69 Å². The fourth-order valence-electron chi connectivity index (χ4n) is 1.22. The van der Waals surface area contributed by atoms with E-state index in [1.54, 1.807) is 0 Å². The monoisotopic (exact) mass is 251 g/mol. The fraction of sp³-hybridized carbons (Fsp3) is 0.273. The van der Waals surface area contributed by atoms with Crippen LogP contribution in [0.1, 0.15) is 25.3 Å². The van der Waals surface area contributed by atoms with Crippen molar-refractivity contribution in [1.82, 2.24) is 5.43 Å². The van der Waals surface area contributed by atoms with Crippen LogP contribution < -0.4 is 5.43 Å². The zero-order chi connectivity index (χ0) is 13.5. The first-order valence-electron chi connectivity index (χ1n) is 5.34. The summed E-state index contributed by atoms with van der Waals surface area (Å²) in [5.74, 6) is -0.396. The molecule has 0 aliphatic rings. The Bertz CT molecular complexity index is 485. The number of nitro benzene ring substituents is 1. The maximum atomic E-state index is 11.1. The molecule has 1 aromatic carbocycles. The van der Waals surface area contributed by atoms with Crippen molar-refractivity contribution in [3.8, 4) is 5.75 Å². The molecule has 0 spiro atoms. The van der Waals surface area contributed by atoms with E-state index in [-0.39, 0.29) is 22.9 Å². The summed E-state index contributed by atoms with van der Waals surface area (Å²) in [6.45, 7) is 1.86. The van der Waals surface area contributed by atoms with Gasteiger partial charge < -0.3 is 5.11 Å². The smallest absolute Gasteiger partial charge is 0.270 e. The van der Waals surface area contributed by atoms with E-state index in [0.717, 1.165) is 6.21 Å². The second-order valence-corrected chi connectivity index (χ2v) is 3.54. The third kappa shape index (κ3) is 3.85. The van der Waals surface area contributed by atoms with Gasteiger partial charge in [-0.1, -0.05) is 6.92 Å². The molecule has 0 bridgehead atoms. The van der Waals surface area contributed by atoms with Gasteiger partial charge in [-0.05, 0) is 12.5 Å². The molecule has 0 unspecified atom stereocenters. The normalized spacial score (nSPS) is 10.5. The molecule has 0 atom stereocenters. The Morgan fingerprint density at radius 1 is 1.61 bits per heavy atom. The lowest BCUT2D eigenvalue weighted by Crippen LogP contribution is -2.16. The molecule has 96 valence electrons. The molecule has 0 aliphatic carbocycles. The van der Waals surface area contributed by atoms with E-state index in [4.69, 9.17) is 0 Å². The number of carbonyl (C=O) groups excluding carboxylic acids is 1. The Labute approximate surface area is 103 Å². The van der Waals surface area contributed by atoms with Crippen molar-refractivity contribution in [2.45, 2.75) is 19.8 Å². The predicted molar refractivity (Wildman–Crippen MR) is 65.4 cm³/mol. The highest BCUT2D eigenvalue weighted by molar-refractivity contribution is 5.85. The maximum Gasteiger partial charge on any atom is 0.270 e. The second-order valence-electron chi connectivity index (χ2n) is 3.54. The van der Waals surface area contributed by atoms with Gasteiger partial charge in [-0.15, -0.1) is 0 Å². The van der Waals surface area contributed by atoms with Gasteiger partial charge in [0.15, 0.2) is 0 Å². The fourth-order valence-corrected chi connectivity index (χ4v) is 1.22. The molecule has 0 aliphatic heterocycles. The average molecular weight is 251 g/mol. The van der Waals surface area contributed by atoms with E-state index in [9.17, 15) is 20.0 Å². The van der Waals surface area contributed by atoms with Gasteiger partial charge in [-0.3, -0.25) is 14.9 Å². The highest BCUT2D eigenvalue weighted by Gasteiger charge is 2.08. The molecule has 18 heavy (non-hydrogen) atoms. The number of carbonyl (C=O) groups is 1. The molecule has 0 heterocycles. The lowest BCUT2D eigenvalue weighted by atomic mass is 10.2. The first-order valence-corrected chi connectivity index (χ1v) is 5.34. The van der Waals surface area contributed by atoms with E-state index in [1.165, 1.54) is 18.2 Å². The van der Waals surface area contributed by atoms with Crippen LogP contribution in [0.3, 0.4) is 0 Å². The summed E-state index contributed by atoms with van der Waals surface area (Å²) in [7, 11) is 0. The van der Waals surface area contributed by atoms with E-state index in [0.29, 0.717) is 12.8 Å². The Morgan fingerprint density at radius 2 is 2.33 bits per heavy atom. The number of hydrogen-bond acceptors (Lipinski definition) is 5. The van der Waals surface area contributed by atoms with E-state index in [2.05, 4.69) is 10.5 Å². The molecule has 1 rings (SSSR count). The number of non-ortho nitro benzene ring substituents is 1. The van der Waals surface area contributed by atoms with Gasteiger partial charge in [-0.25, -0.2) is 5.43 Å². The summed E-state index contributed by atoms with van der Waals surface area (Å²) in [5, 5.41) is 23.6. The number of aromatic hydroxyl groups is 1. The minimum Gasteiger partial charge on any atom is -0.507 e. The standard InChI is InChI=1S/C11H13N3O4/c1-2-3-11(16)13-12-7-8-6-9(14(17)18)4-5-10(8)15/h4-7,15H,2-3H2,1H3,(H,13,16)/b12-7+. The number of benzene rings is 1. The van der Waals surface area contributed by atoms with Crippen LogP contribution in [0.2, 0.25) is 0 Å². The van der Waals surface area contributed by atoms with Crippen LogP contribution in [0.25, 0.3) is 0 Å². The van der Waals surface area contributed by atoms with Gasteiger partial charge in [0.2, 0.25) is 5.91 Å². The van der Waals surface area contributed by atoms with Crippen LogP contribution in [0.4, 0.5) is 5.69 Å². The average Bonchev–Trinajstić information content (AvgIpc) is 2.31. The zero-order valence-corrected chi connectivity index (χ0v) is 9.79. The molecular weight excluding hydrogens is 238 g/mol. The quantitative estimate of drug-likeness (QED) is 0.470. The molecule has 0 saturated heterocycles. The third-order valence-corrected chi connectivity index (χ3v) is 2.09. The Kier molecular flexibility index (Phi) is 4.79. The van der Waals surface area contributed by atoms with E-state index < -0.39 is 4.92 Å². The lowest BCUT2D eigenvalue weighted by molar-refractivity contribution is -0.384. The maximum absolute atomic E-state index is 11.1. The SMILES string of the molecule is CCCC(=O)N/N=C/c1cc([N+](=O)[O-])ccc1O. The third-order valence-electron chi connectivity index (χ3n) is 2.09. The number of hydrogen-bond donors (Lipinski definition) is 2. The summed E-state index contributed by atoms with van der Waals surface area (Å²) in [5.41, 5.74) is 2.27. The molecule has 0 radical (unpaired) electrons. The zero-order valence-electron chi connectivity index (χ0n) is 9.79. The van der Waals surface area contributed by atoms with Crippen LogP contribution in [0.15, 0.2) is 23.3 Å². The molecule has 7 nitrogen and oxygen atoms in total.